The van der Waals surface area contributed by atoms with Crippen LogP contribution in [0.15, 0.2) is 0 Å². The summed E-state index contributed by atoms with van der Waals surface area (Å²) < 4.78 is 0. The van der Waals surface area contributed by atoms with E-state index in [-0.39, 0.29) is 35.6 Å². The van der Waals surface area contributed by atoms with Crippen molar-refractivity contribution in [2.45, 2.75) is 38.1 Å². The first-order valence-corrected chi connectivity index (χ1v) is 6.32. The fourth-order valence-electron chi connectivity index (χ4n) is 3.47. The smallest absolute Gasteiger partial charge is 0.233 e. The van der Waals surface area contributed by atoms with Crippen molar-refractivity contribution in [2.75, 3.05) is 6.54 Å². The van der Waals surface area contributed by atoms with E-state index in [1.54, 1.807) is 4.90 Å². The first-order chi connectivity index (χ1) is 7.75. The predicted molar refractivity (Wildman–Crippen MR) is 58.3 cm³/mol. The Morgan fingerprint density at radius 3 is 2.12 bits per heavy atom. The number of carbonyl (C=O) groups excluding carboxylic acids is 2. The van der Waals surface area contributed by atoms with Crippen LogP contribution in [-0.4, -0.2) is 29.3 Å². The minimum absolute atomic E-state index is 0.0561. The highest BCUT2D eigenvalue weighted by Crippen LogP contribution is 2.53. The molecule has 1 aliphatic heterocycles. The molecule has 0 spiro atoms. The molecule has 3 rings (SSSR count). The number of nitrogens with zero attached hydrogens (tertiary/aromatic N) is 1. The summed E-state index contributed by atoms with van der Waals surface area (Å²) in [6.07, 6.45) is 5.55. The predicted octanol–water partition coefficient (Wildman–Crippen LogP) is 0.509. The fourth-order valence-corrected chi connectivity index (χ4v) is 3.47. The molecule has 0 radical (unpaired) electrons. The summed E-state index contributed by atoms with van der Waals surface area (Å²) in [6, 6.07) is 0.194. The number of carbonyl (C=O) groups is 2. The summed E-state index contributed by atoms with van der Waals surface area (Å²) in [7, 11) is 0. The number of likely N-dealkylation sites (tertiary alicyclic amines) is 1. The minimum atomic E-state index is -0.0561. The molecule has 0 aromatic heterocycles. The molecule has 2 aliphatic carbocycles. The Labute approximate surface area is 95.2 Å². The van der Waals surface area contributed by atoms with E-state index in [4.69, 9.17) is 5.73 Å². The first-order valence-electron chi connectivity index (χ1n) is 6.32. The highest BCUT2D eigenvalue weighted by molar-refractivity contribution is 6.09. The molecule has 0 aromatic rings. The van der Waals surface area contributed by atoms with Gasteiger partial charge in [-0.05, 0) is 25.3 Å². The molecule has 0 aromatic carbocycles. The van der Waals surface area contributed by atoms with Gasteiger partial charge in [-0.25, -0.2) is 0 Å². The van der Waals surface area contributed by atoms with E-state index < -0.39 is 0 Å². The van der Waals surface area contributed by atoms with Crippen molar-refractivity contribution in [2.24, 2.45) is 23.5 Å². The standard InChI is InChI=1S/C12H18N2O2/c13-6-8-9-10(8)12(16)14(11(9)15)7-4-2-1-3-5-7/h7-10H,1-6,13H2. The van der Waals surface area contributed by atoms with Gasteiger partial charge in [0, 0.05) is 6.04 Å². The Morgan fingerprint density at radius 1 is 1.06 bits per heavy atom. The molecule has 16 heavy (non-hydrogen) atoms. The van der Waals surface area contributed by atoms with Gasteiger partial charge < -0.3 is 5.73 Å². The average Bonchev–Trinajstić information content (AvgIpc) is 2.98. The molecule has 4 heteroatoms. The van der Waals surface area contributed by atoms with Crippen LogP contribution < -0.4 is 5.73 Å². The van der Waals surface area contributed by atoms with Crippen LogP contribution in [0.25, 0.3) is 0 Å². The van der Waals surface area contributed by atoms with Crippen LogP contribution in [0.2, 0.25) is 0 Å². The van der Waals surface area contributed by atoms with Crippen LogP contribution in [0.5, 0.6) is 0 Å². The minimum Gasteiger partial charge on any atom is -0.330 e. The lowest BCUT2D eigenvalue weighted by molar-refractivity contribution is -0.145. The number of piperidine rings is 1. The van der Waals surface area contributed by atoms with Crippen LogP contribution in [0.3, 0.4) is 0 Å². The second-order valence-electron chi connectivity index (χ2n) is 5.29. The van der Waals surface area contributed by atoms with E-state index in [0.717, 1.165) is 25.7 Å². The first kappa shape index (κ1) is 10.3. The molecule has 0 bridgehead atoms. The Bertz CT molecular complexity index is 314. The molecule has 3 fully saturated rings. The molecule has 3 aliphatic rings. The number of imide groups is 1. The topological polar surface area (TPSA) is 63.4 Å². The van der Waals surface area contributed by atoms with Gasteiger partial charge in [-0.3, -0.25) is 14.5 Å². The molecule has 1 heterocycles. The molecule has 2 unspecified atom stereocenters. The normalized spacial score (nSPS) is 39.1. The quantitative estimate of drug-likeness (QED) is 0.692. The SMILES string of the molecule is NCC1C2C(=O)N(C3CCCCC3)C(=O)C12. The second-order valence-corrected chi connectivity index (χ2v) is 5.29. The van der Waals surface area contributed by atoms with Gasteiger partial charge in [0.25, 0.3) is 0 Å². The molecular formula is C12H18N2O2. The van der Waals surface area contributed by atoms with E-state index in [1.165, 1.54) is 6.42 Å². The summed E-state index contributed by atoms with van der Waals surface area (Å²) >= 11 is 0. The van der Waals surface area contributed by atoms with E-state index in [0.29, 0.717) is 6.54 Å². The zero-order valence-electron chi connectivity index (χ0n) is 9.39. The zero-order chi connectivity index (χ0) is 11.3. The molecule has 88 valence electrons. The van der Waals surface area contributed by atoms with Crippen molar-refractivity contribution in [3.05, 3.63) is 0 Å². The number of rotatable bonds is 2. The highest BCUT2D eigenvalue weighted by atomic mass is 16.2. The number of hydrogen-bond donors (Lipinski definition) is 1. The van der Waals surface area contributed by atoms with E-state index in [9.17, 15) is 9.59 Å². The molecule has 2 amide bonds. The summed E-state index contributed by atoms with van der Waals surface area (Å²) in [4.78, 5) is 25.7. The van der Waals surface area contributed by atoms with Crippen molar-refractivity contribution in [1.29, 1.82) is 0 Å². The Hall–Kier alpha value is -0.900. The monoisotopic (exact) mass is 222 g/mol. The van der Waals surface area contributed by atoms with Crippen molar-refractivity contribution >= 4 is 11.8 Å². The van der Waals surface area contributed by atoms with Gasteiger partial charge in [-0.2, -0.15) is 0 Å². The molecule has 2 saturated carbocycles. The van der Waals surface area contributed by atoms with Gasteiger partial charge in [0.1, 0.15) is 0 Å². The maximum Gasteiger partial charge on any atom is 0.233 e. The number of hydrogen-bond acceptors (Lipinski definition) is 3. The lowest BCUT2D eigenvalue weighted by atomic mass is 9.94. The van der Waals surface area contributed by atoms with E-state index >= 15 is 0 Å². The maximum absolute atomic E-state index is 12.1. The third kappa shape index (κ3) is 1.25. The van der Waals surface area contributed by atoms with Gasteiger partial charge in [0.05, 0.1) is 11.8 Å². The van der Waals surface area contributed by atoms with E-state index in [2.05, 4.69) is 0 Å². The largest absolute Gasteiger partial charge is 0.330 e. The average molecular weight is 222 g/mol. The number of nitrogens with two attached hydrogens (primary N) is 1. The van der Waals surface area contributed by atoms with E-state index in [1.807, 2.05) is 0 Å². The molecule has 1 saturated heterocycles. The third-order valence-electron chi connectivity index (χ3n) is 4.43. The van der Waals surface area contributed by atoms with Crippen molar-refractivity contribution in [3.8, 4) is 0 Å². The molecule has 2 N–H and O–H groups in total. The van der Waals surface area contributed by atoms with Crippen molar-refractivity contribution in [1.82, 2.24) is 4.90 Å². The third-order valence-corrected chi connectivity index (χ3v) is 4.43. The Kier molecular flexibility index (Phi) is 2.28. The summed E-state index contributed by atoms with van der Waals surface area (Å²) in [5.74, 6) is 0.174. The summed E-state index contributed by atoms with van der Waals surface area (Å²) in [5, 5.41) is 0. The Morgan fingerprint density at radius 2 is 1.62 bits per heavy atom. The molecule has 2 atom stereocenters. The van der Waals surface area contributed by atoms with Crippen LogP contribution in [0.4, 0.5) is 0 Å². The van der Waals surface area contributed by atoms with Crippen LogP contribution in [0.1, 0.15) is 32.1 Å². The van der Waals surface area contributed by atoms with Gasteiger partial charge in [0.15, 0.2) is 0 Å². The van der Waals surface area contributed by atoms with Gasteiger partial charge in [-0.15, -0.1) is 0 Å². The summed E-state index contributed by atoms with van der Waals surface area (Å²) in [6.45, 7) is 0.478. The molecule has 4 nitrogen and oxygen atoms in total. The zero-order valence-corrected chi connectivity index (χ0v) is 9.39. The highest BCUT2D eigenvalue weighted by Gasteiger charge is 2.67. The van der Waals surface area contributed by atoms with Crippen LogP contribution >= 0.6 is 0 Å². The summed E-state index contributed by atoms with van der Waals surface area (Å²) in [5.41, 5.74) is 5.55. The van der Waals surface area contributed by atoms with Crippen LogP contribution in [-0.2, 0) is 9.59 Å². The maximum atomic E-state index is 12.1. The van der Waals surface area contributed by atoms with Crippen molar-refractivity contribution in [3.63, 3.8) is 0 Å². The fraction of sp³-hybridized carbons (Fsp3) is 0.833. The second kappa shape index (κ2) is 3.55. The lowest BCUT2D eigenvalue weighted by Crippen LogP contribution is -2.44. The van der Waals surface area contributed by atoms with Crippen LogP contribution in [0, 0.1) is 17.8 Å². The number of fused-ring (bicyclic) bond motifs is 1. The number of amides is 2. The van der Waals surface area contributed by atoms with Gasteiger partial charge in [0.2, 0.25) is 11.8 Å². The Balaban J connectivity index is 1.74. The van der Waals surface area contributed by atoms with Gasteiger partial charge in [-0.1, -0.05) is 19.3 Å². The van der Waals surface area contributed by atoms with Crippen molar-refractivity contribution < 1.29 is 9.59 Å². The lowest BCUT2D eigenvalue weighted by Gasteiger charge is -2.31. The molecular weight excluding hydrogens is 204 g/mol. The van der Waals surface area contributed by atoms with Gasteiger partial charge >= 0.3 is 0 Å².